The predicted octanol–water partition coefficient (Wildman–Crippen LogP) is 4.13. The van der Waals surface area contributed by atoms with Gasteiger partial charge in [-0.15, -0.1) is 0 Å². The van der Waals surface area contributed by atoms with Crippen LogP contribution >= 0.6 is 0 Å². The zero-order chi connectivity index (χ0) is 17.8. The minimum atomic E-state index is -0.0564. The second-order valence-electron chi connectivity index (χ2n) is 6.71. The van der Waals surface area contributed by atoms with Crippen molar-refractivity contribution in [2.45, 2.75) is 18.9 Å². The Morgan fingerprint density at radius 1 is 1.04 bits per heavy atom. The van der Waals surface area contributed by atoms with Gasteiger partial charge in [0.25, 0.3) is 5.91 Å². The van der Waals surface area contributed by atoms with E-state index < -0.39 is 0 Å². The second kappa shape index (κ2) is 7.67. The molecule has 4 rings (SSSR count). The van der Waals surface area contributed by atoms with Crippen molar-refractivity contribution in [3.05, 3.63) is 78.1 Å². The molecule has 1 N–H and O–H groups in total. The molecule has 0 bridgehead atoms. The van der Waals surface area contributed by atoms with E-state index in [2.05, 4.69) is 10.3 Å². The van der Waals surface area contributed by atoms with E-state index in [1.54, 1.807) is 6.20 Å². The van der Waals surface area contributed by atoms with Crippen LogP contribution in [-0.2, 0) is 4.74 Å². The molecule has 4 heteroatoms. The Morgan fingerprint density at radius 2 is 1.85 bits per heavy atom. The SMILES string of the molecule is O=C(NC(c1cccnc1)C1CCOCC1)c1cccc2ccccc12. The van der Waals surface area contributed by atoms with Gasteiger partial charge in [-0.1, -0.05) is 42.5 Å². The quantitative estimate of drug-likeness (QED) is 0.773. The number of carbonyl (C=O) groups is 1. The molecule has 0 radical (unpaired) electrons. The number of nitrogens with one attached hydrogen (secondary N) is 1. The summed E-state index contributed by atoms with van der Waals surface area (Å²) < 4.78 is 5.50. The van der Waals surface area contributed by atoms with Gasteiger partial charge in [-0.25, -0.2) is 0 Å². The van der Waals surface area contributed by atoms with E-state index in [-0.39, 0.29) is 11.9 Å². The predicted molar refractivity (Wildman–Crippen MR) is 102 cm³/mol. The zero-order valence-corrected chi connectivity index (χ0v) is 14.6. The first kappa shape index (κ1) is 16.7. The highest BCUT2D eigenvalue weighted by molar-refractivity contribution is 6.07. The summed E-state index contributed by atoms with van der Waals surface area (Å²) in [5, 5.41) is 5.33. The van der Waals surface area contributed by atoms with Crippen LogP contribution in [0, 0.1) is 5.92 Å². The summed E-state index contributed by atoms with van der Waals surface area (Å²) in [5.74, 6) is 0.314. The Morgan fingerprint density at radius 3 is 2.65 bits per heavy atom. The lowest BCUT2D eigenvalue weighted by molar-refractivity contribution is 0.0514. The standard InChI is InChI=1S/C22H22N2O2/c25-22(20-9-3-6-16-5-1-2-8-19(16)20)24-21(17-10-13-26-14-11-17)18-7-4-12-23-15-18/h1-9,12,15,17,21H,10-11,13-14H2,(H,24,25). The lowest BCUT2D eigenvalue weighted by atomic mass is 9.87. The smallest absolute Gasteiger partial charge is 0.252 e. The first-order valence-electron chi connectivity index (χ1n) is 9.09. The van der Waals surface area contributed by atoms with Gasteiger partial charge in [0.2, 0.25) is 0 Å². The van der Waals surface area contributed by atoms with Crippen LogP contribution in [0.15, 0.2) is 67.0 Å². The number of amides is 1. The van der Waals surface area contributed by atoms with Crippen LogP contribution in [0.5, 0.6) is 0 Å². The average Bonchev–Trinajstić information content (AvgIpc) is 2.72. The first-order chi connectivity index (χ1) is 12.8. The van der Waals surface area contributed by atoms with Crippen molar-refractivity contribution in [2.24, 2.45) is 5.92 Å². The van der Waals surface area contributed by atoms with E-state index in [0.29, 0.717) is 11.5 Å². The molecule has 1 aromatic heterocycles. The number of hydrogen-bond acceptors (Lipinski definition) is 3. The minimum Gasteiger partial charge on any atom is -0.381 e. The highest BCUT2D eigenvalue weighted by Crippen LogP contribution is 2.30. The van der Waals surface area contributed by atoms with Gasteiger partial charge in [-0.3, -0.25) is 9.78 Å². The Hall–Kier alpha value is -2.72. The van der Waals surface area contributed by atoms with Gasteiger partial charge in [0.05, 0.1) is 6.04 Å². The molecule has 1 fully saturated rings. The molecule has 0 aliphatic carbocycles. The molecular formula is C22H22N2O2. The molecule has 1 amide bonds. The molecular weight excluding hydrogens is 324 g/mol. The Balaban J connectivity index is 1.65. The van der Waals surface area contributed by atoms with Crippen LogP contribution in [0.3, 0.4) is 0 Å². The maximum Gasteiger partial charge on any atom is 0.252 e. The molecule has 3 aromatic rings. The molecule has 4 nitrogen and oxygen atoms in total. The third kappa shape index (κ3) is 3.46. The van der Waals surface area contributed by atoms with E-state index in [1.807, 2.05) is 60.8 Å². The first-order valence-corrected chi connectivity index (χ1v) is 9.09. The Labute approximate surface area is 153 Å². The Kier molecular flexibility index (Phi) is 4.93. The van der Waals surface area contributed by atoms with Crippen LogP contribution < -0.4 is 5.32 Å². The maximum absolute atomic E-state index is 13.1. The molecule has 2 aromatic carbocycles. The number of benzene rings is 2. The third-order valence-electron chi connectivity index (χ3n) is 5.10. The highest BCUT2D eigenvalue weighted by atomic mass is 16.5. The maximum atomic E-state index is 13.1. The summed E-state index contributed by atoms with van der Waals surface area (Å²) in [6.45, 7) is 1.48. The van der Waals surface area contributed by atoms with Gasteiger partial charge in [-0.2, -0.15) is 0 Å². The largest absolute Gasteiger partial charge is 0.381 e. The summed E-state index contributed by atoms with van der Waals surface area (Å²) in [4.78, 5) is 17.4. The molecule has 1 atom stereocenters. The van der Waals surface area contributed by atoms with E-state index >= 15 is 0 Å². The van der Waals surface area contributed by atoms with Gasteiger partial charge in [0, 0.05) is 31.2 Å². The number of nitrogens with zero attached hydrogens (tertiary/aromatic N) is 1. The number of rotatable bonds is 4. The number of ether oxygens (including phenoxy) is 1. The molecule has 1 unspecified atom stereocenters. The number of pyridine rings is 1. The van der Waals surface area contributed by atoms with E-state index in [1.165, 1.54) is 0 Å². The molecule has 1 saturated heterocycles. The topological polar surface area (TPSA) is 51.2 Å². The van der Waals surface area contributed by atoms with Crippen LogP contribution in [0.1, 0.15) is 34.8 Å². The van der Waals surface area contributed by atoms with Crippen LogP contribution in [0.2, 0.25) is 0 Å². The second-order valence-corrected chi connectivity index (χ2v) is 6.71. The van der Waals surface area contributed by atoms with Gasteiger partial charge in [0.1, 0.15) is 0 Å². The fraction of sp³-hybridized carbons (Fsp3) is 0.273. The fourth-order valence-electron chi connectivity index (χ4n) is 3.72. The van der Waals surface area contributed by atoms with E-state index in [0.717, 1.165) is 42.4 Å². The molecule has 1 aliphatic rings. The molecule has 0 saturated carbocycles. The van der Waals surface area contributed by atoms with Crippen molar-refractivity contribution in [1.82, 2.24) is 10.3 Å². The lowest BCUT2D eigenvalue weighted by Crippen LogP contribution is -2.36. The van der Waals surface area contributed by atoms with Gasteiger partial charge >= 0.3 is 0 Å². The van der Waals surface area contributed by atoms with E-state index in [9.17, 15) is 4.79 Å². The van der Waals surface area contributed by atoms with Crippen LogP contribution in [0.4, 0.5) is 0 Å². The Bertz CT molecular complexity index is 884. The number of aromatic nitrogens is 1. The van der Waals surface area contributed by atoms with Crippen molar-refractivity contribution < 1.29 is 9.53 Å². The third-order valence-corrected chi connectivity index (χ3v) is 5.10. The number of carbonyl (C=O) groups excluding carboxylic acids is 1. The number of fused-ring (bicyclic) bond motifs is 1. The summed E-state index contributed by atoms with van der Waals surface area (Å²) in [6, 6.07) is 17.7. The minimum absolute atomic E-state index is 0.0397. The molecule has 1 aliphatic heterocycles. The van der Waals surface area contributed by atoms with Crippen molar-refractivity contribution in [3.8, 4) is 0 Å². The van der Waals surface area contributed by atoms with Crippen molar-refractivity contribution in [1.29, 1.82) is 0 Å². The normalized spacial score (nSPS) is 16.3. The molecule has 132 valence electrons. The van der Waals surface area contributed by atoms with Crippen LogP contribution in [-0.4, -0.2) is 24.1 Å². The average molecular weight is 346 g/mol. The monoisotopic (exact) mass is 346 g/mol. The zero-order valence-electron chi connectivity index (χ0n) is 14.6. The highest BCUT2D eigenvalue weighted by Gasteiger charge is 2.27. The van der Waals surface area contributed by atoms with Crippen molar-refractivity contribution in [3.63, 3.8) is 0 Å². The summed E-state index contributed by atoms with van der Waals surface area (Å²) in [6.07, 6.45) is 5.49. The lowest BCUT2D eigenvalue weighted by Gasteiger charge is -2.31. The van der Waals surface area contributed by atoms with Crippen molar-refractivity contribution in [2.75, 3.05) is 13.2 Å². The fourth-order valence-corrected chi connectivity index (χ4v) is 3.72. The van der Waals surface area contributed by atoms with Gasteiger partial charge in [0.15, 0.2) is 0 Å². The van der Waals surface area contributed by atoms with Gasteiger partial charge < -0.3 is 10.1 Å². The van der Waals surface area contributed by atoms with Crippen LogP contribution in [0.25, 0.3) is 10.8 Å². The van der Waals surface area contributed by atoms with Gasteiger partial charge in [-0.05, 0) is 47.2 Å². The van der Waals surface area contributed by atoms with E-state index in [4.69, 9.17) is 4.74 Å². The summed E-state index contributed by atoms with van der Waals surface area (Å²) in [7, 11) is 0. The number of hydrogen-bond donors (Lipinski definition) is 1. The molecule has 26 heavy (non-hydrogen) atoms. The molecule has 0 spiro atoms. The van der Waals surface area contributed by atoms with Crippen molar-refractivity contribution >= 4 is 16.7 Å². The molecule has 2 heterocycles. The summed E-state index contributed by atoms with van der Waals surface area (Å²) >= 11 is 0. The summed E-state index contributed by atoms with van der Waals surface area (Å²) in [5.41, 5.74) is 1.76.